The first kappa shape index (κ1) is 20.8. The van der Waals surface area contributed by atoms with E-state index < -0.39 is 0 Å². The minimum absolute atomic E-state index is 0.738. The molecule has 0 saturated heterocycles. The second-order valence-electron chi connectivity index (χ2n) is 7.72. The first-order valence-corrected chi connectivity index (χ1v) is 10.6. The van der Waals surface area contributed by atoms with Crippen molar-refractivity contribution in [1.82, 2.24) is 15.3 Å². The highest BCUT2D eigenvalue weighted by atomic mass is 15.2. The number of hydrogen-bond acceptors (Lipinski definition) is 4. The molecule has 0 fully saturated rings. The normalized spacial score (nSPS) is 10.8. The molecule has 0 saturated carbocycles. The van der Waals surface area contributed by atoms with Crippen molar-refractivity contribution in [2.75, 3.05) is 32.1 Å². The Bertz CT molecular complexity index is 1120. The van der Waals surface area contributed by atoms with Crippen LogP contribution in [0.1, 0.15) is 5.56 Å². The standard InChI is InChI=1S/C27H28N4/c1-20-14-16-22(17-15-20)25-24(21-10-6-4-7-11-21)27(31(3)19-18-28-2)30-26(29-25)23-12-8-5-9-13-23/h4-17,28H,18-19H2,1-3H3. The van der Waals surface area contributed by atoms with Gasteiger partial charge in [0, 0.05) is 31.3 Å². The predicted molar refractivity (Wildman–Crippen MR) is 130 cm³/mol. The Morgan fingerprint density at radius 3 is 1.97 bits per heavy atom. The number of likely N-dealkylation sites (N-methyl/N-ethyl adjacent to an activating group) is 2. The molecule has 0 amide bonds. The fourth-order valence-electron chi connectivity index (χ4n) is 3.62. The van der Waals surface area contributed by atoms with Gasteiger partial charge in [-0.25, -0.2) is 9.97 Å². The minimum Gasteiger partial charge on any atom is -0.358 e. The van der Waals surface area contributed by atoms with Crippen molar-refractivity contribution < 1.29 is 0 Å². The van der Waals surface area contributed by atoms with E-state index in [2.05, 4.69) is 84.9 Å². The number of hydrogen-bond donors (Lipinski definition) is 1. The fraction of sp³-hybridized carbons (Fsp3) is 0.185. The van der Waals surface area contributed by atoms with Crippen LogP contribution in [0.25, 0.3) is 33.8 Å². The Balaban J connectivity index is 2.00. The van der Waals surface area contributed by atoms with Gasteiger partial charge in [-0.15, -0.1) is 0 Å². The summed E-state index contributed by atoms with van der Waals surface area (Å²) in [6, 6.07) is 29.2. The second kappa shape index (κ2) is 9.54. The molecule has 4 heteroatoms. The van der Waals surface area contributed by atoms with Gasteiger partial charge < -0.3 is 10.2 Å². The van der Waals surface area contributed by atoms with E-state index in [0.717, 1.165) is 52.7 Å². The first-order valence-electron chi connectivity index (χ1n) is 10.6. The third-order valence-electron chi connectivity index (χ3n) is 5.37. The molecule has 156 valence electrons. The molecule has 0 unspecified atom stereocenters. The van der Waals surface area contributed by atoms with Crippen LogP contribution >= 0.6 is 0 Å². The molecule has 4 aromatic rings. The number of aromatic nitrogens is 2. The van der Waals surface area contributed by atoms with Gasteiger partial charge in [-0.05, 0) is 19.5 Å². The molecule has 4 rings (SSSR count). The fourth-order valence-corrected chi connectivity index (χ4v) is 3.62. The van der Waals surface area contributed by atoms with Crippen LogP contribution in [-0.2, 0) is 0 Å². The number of anilines is 1. The van der Waals surface area contributed by atoms with Crippen LogP contribution in [0, 0.1) is 6.92 Å². The Morgan fingerprint density at radius 1 is 0.742 bits per heavy atom. The van der Waals surface area contributed by atoms with E-state index in [1.807, 2.05) is 31.3 Å². The maximum Gasteiger partial charge on any atom is 0.162 e. The summed E-state index contributed by atoms with van der Waals surface area (Å²) in [7, 11) is 4.07. The van der Waals surface area contributed by atoms with Crippen LogP contribution in [0.15, 0.2) is 84.9 Å². The molecule has 1 heterocycles. The zero-order valence-electron chi connectivity index (χ0n) is 18.3. The van der Waals surface area contributed by atoms with E-state index in [4.69, 9.17) is 9.97 Å². The summed E-state index contributed by atoms with van der Waals surface area (Å²) in [6.07, 6.45) is 0. The molecule has 0 aliphatic carbocycles. The van der Waals surface area contributed by atoms with Gasteiger partial charge in [-0.1, -0.05) is 90.5 Å². The predicted octanol–water partition coefficient (Wildman–Crippen LogP) is 5.44. The highest BCUT2D eigenvalue weighted by Crippen LogP contribution is 2.38. The number of nitrogens with one attached hydrogen (secondary N) is 1. The molecule has 4 nitrogen and oxygen atoms in total. The van der Waals surface area contributed by atoms with Crippen molar-refractivity contribution in [3.05, 3.63) is 90.5 Å². The average Bonchev–Trinajstić information content (AvgIpc) is 2.83. The van der Waals surface area contributed by atoms with Crippen LogP contribution in [0.5, 0.6) is 0 Å². The molecule has 0 atom stereocenters. The molecule has 31 heavy (non-hydrogen) atoms. The first-order chi connectivity index (χ1) is 15.2. The van der Waals surface area contributed by atoms with Gasteiger partial charge in [0.25, 0.3) is 0 Å². The highest BCUT2D eigenvalue weighted by Gasteiger charge is 2.21. The van der Waals surface area contributed by atoms with E-state index >= 15 is 0 Å². The minimum atomic E-state index is 0.738. The van der Waals surface area contributed by atoms with Gasteiger partial charge in [-0.2, -0.15) is 0 Å². The third-order valence-corrected chi connectivity index (χ3v) is 5.37. The molecular formula is C27H28N4. The van der Waals surface area contributed by atoms with Crippen LogP contribution in [-0.4, -0.2) is 37.2 Å². The Kier molecular flexibility index (Phi) is 6.39. The molecule has 0 spiro atoms. The highest BCUT2D eigenvalue weighted by molar-refractivity contribution is 5.90. The van der Waals surface area contributed by atoms with Crippen LogP contribution in [0.3, 0.4) is 0 Å². The smallest absolute Gasteiger partial charge is 0.162 e. The number of rotatable bonds is 7. The van der Waals surface area contributed by atoms with E-state index in [9.17, 15) is 0 Å². The van der Waals surface area contributed by atoms with Crippen molar-refractivity contribution >= 4 is 5.82 Å². The zero-order chi connectivity index (χ0) is 21.6. The van der Waals surface area contributed by atoms with Gasteiger partial charge in [-0.3, -0.25) is 0 Å². The number of nitrogens with zero attached hydrogens (tertiary/aromatic N) is 3. The number of benzene rings is 3. The van der Waals surface area contributed by atoms with Crippen molar-refractivity contribution in [1.29, 1.82) is 0 Å². The molecule has 0 bridgehead atoms. The molecule has 1 N–H and O–H groups in total. The molecule has 0 aliphatic heterocycles. The van der Waals surface area contributed by atoms with E-state index in [1.54, 1.807) is 0 Å². The Morgan fingerprint density at radius 2 is 1.35 bits per heavy atom. The van der Waals surface area contributed by atoms with Crippen LogP contribution in [0.2, 0.25) is 0 Å². The lowest BCUT2D eigenvalue weighted by Gasteiger charge is -2.24. The van der Waals surface area contributed by atoms with Crippen molar-refractivity contribution in [3.8, 4) is 33.8 Å². The molecule has 0 radical (unpaired) electrons. The lowest BCUT2D eigenvalue weighted by Crippen LogP contribution is -2.28. The van der Waals surface area contributed by atoms with Crippen molar-refractivity contribution in [2.45, 2.75) is 6.92 Å². The van der Waals surface area contributed by atoms with Gasteiger partial charge in [0.05, 0.1) is 11.3 Å². The Hall–Kier alpha value is -3.50. The summed E-state index contributed by atoms with van der Waals surface area (Å²) in [5, 5.41) is 3.24. The van der Waals surface area contributed by atoms with Crippen molar-refractivity contribution in [3.63, 3.8) is 0 Å². The largest absolute Gasteiger partial charge is 0.358 e. The SMILES string of the molecule is CNCCN(C)c1nc(-c2ccccc2)nc(-c2ccc(C)cc2)c1-c1ccccc1. The zero-order valence-corrected chi connectivity index (χ0v) is 18.3. The molecule has 0 aliphatic rings. The summed E-state index contributed by atoms with van der Waals surface area (Å²) in [6.45, 7) is 3.82. The summed E-state index contributed by atoms with van der Waals surface area (Å²) >= 11 is 0. The molecule has 3 aromatic carbocycles. The summed E-state index contributed by atoms with van der Waals surface area (Å²) < 4.78 is 0. The number of aryl methyl sites for hydroxylation is 1. The molecule has 1 aromatic heterocycles. The van der Waals surface area contributed by atoms with Gasteiger partial charge in [0.15, 0.2) is 5.82 Å². The topological polar surface area (TPSA) is 41.0 Å². The van der Waals surface area contributed by atoms with Crippen LogP contribution in [0.4, 0.5) is 5.82 Å². The van der Waals surface area contributed by atoms with E-state index in [0.29, 0.717) is 0 Å². The summed E-state index contributed by atoms with van der Waals surface area (Å²) in [4.78, 5) is 12.4. The molecular weight excluding hydrogens is 380 g/mol. The average molecular weight is 409 g/mol. The second-order valence-corrected chi connectivity index (χ2v) is 7.72. The van der Waals surface area contributed by atoms with E-state index in [1.165, 1.54) is 5.56 Å². The van der Waals surface area contributed by atoms with Gasteiger partial charge in [0.1, 0.15) is 5.82 Å². The van der Waals surface area contributed by atoms with Gasteiger partial charge >= 0.3 is 0 Å². The lowest BCUT2D eigenvalue weighted by molar-refractivity contribution is 0.761. The van der Waals surface area contributed by atoms with Gasteiger partial charge in [0.2, 0.25) is 0 Å². The summed E-state index contributed by atoms with van der Waals surface area (Å²) in [5.74, 6) is 1.67. The summed E-state index contributed by atoms with van der Waals surface area (Å²) in [5.41, 5.74) is 6.46. The lowest BCUT2D eigenvalue weighted by atomic mass is 9.98. The maximum absolute atomic E-state index is 5.09. The maximum atomic E-state index is 5.09. The quantitative estimate of drug-likeness (QED) is 0.442. The third kappa shape index (κ3) is 4.65. The van der Waals surface area contributed by atoms with Crippen molar-refractivity contribution in [2.24, 2.45) is 0 Å². The Labute approximate surface area is 184 Å². The monoisotopic (exact) mass is 408 g/mol. The van der Waals surface area contributed by atoms with Crippen LogP contribution < -0.4 is 10.2 Å². The van der Waals surface area contributed by atoms with E-state index in [-0.39, 0.29) is 0 Å².